The maximum absolute atomic E-state index is 10.3. The Labute approximate surface area is 157 Å². The zero-order chi connectivity index (χ0) is 19.0. The molecular weight excluding hydrogens is 340 g/mol. The summed E-state index contributed by atoms with van der Waals surface area (Å²) in [6, 6.07) is 18.0. The van der Waals surface area contributed by atoms with E-state index in [9.17, 15) is 9.59 Å². The van der Waals surface area contributed by atoms with Crippen molar-refractivity contribution in [3.8, 4) is 0 Å². The number of ether oxygens (including phenoxy) is 1. The predicted octanol–water partition coefficient (Wildman–Crippen LogP) is 3.86. The number of hydrogen-bond acceptors (Lipinski definition) is 4. The molecular formula is C23H20O4. The van der Waals surface area contributed by atoms with Crippen LogP contribution in [0.2, 0.25) is 0 Å². The van der Waals surface area contributed by atoms with E-state index >= 15 is 0 Å². The van der Waals surface area contributed by atoms with Crippen LogP contribution in [0.1, 0.15) is 24.0 Å². The molecule has 136 valence electrons. The van der Waals surface area contributed by atoms with E-state index in [-0.39, 0.29) is 5.57 Å². The molecule has 27 heavy (non-hydrogen) atoms. The first-order chi connectivity index (χ1) is 13.1. The predicted molar refractivity (Wildman–Crippen MR) is 104 cm³/mol. The number of aliphatic hydroxyl groups is 1. The van der Waals surface area contributed by atoms with E-state index in [1.807, 2.05) is 0 Å². The molecule has 0 spiro atoms. The number of aryl methyl sites for hydroxylation is 2. The van der Waals surface area contributed by atoms with Gasteiger partial charge in [0.15, 0.2) is 6.10 Å². The number of rotatable bonds is 0. The SMILES string of the molecule is C=C1C(=O)OC(=O)C1O.c1ccc2c(c1)ccc1c3c(ccc12)CCCC3. The third-order valence-corrected chi connectivity index (χ3v) is 5.27. The van der Waals surface area contributed by atoms with Gasteiger partial charge in [0.1, 0.15) is 0 Å². The minimum atomic E-state index is -1.45. The molecule has 1 aliphatic carbocycles. The van der Waals surface area contributed by atoms with Crippen LogP contribution in [0, 0.1) is 0 Å². The van der Waals surface area contributed by atoms with E-state index in [4.69, 9.17) is 5.11 Å². The van der Waals surface area contributed by atoms with Crippen LogP contribution in [0.25, 0.3) is 21.5 Å². The van der Waals surface area contributed by atoms with E-state index in [0.29, 0.717) is 0 Å². The molecule has 3 aromatic carbocycles. The Morgan fingerprint density at radius 1 is 0.889 bits per heavy atom. The quantitative estimate of drug-likeness (QED) is 0.286. The maximum atomic E-state index is 10.3. The number of carbonyl (C=O) groups is 2. The van der Waals surface area contributed by atoms with Gasteiger partial charge in [0, 0.05) is 0 Å². The Bertz CT molecular complexity index is 1080. The van der Waals surface area contributed by atoms with Crippen LogP contribution in [-0.2, 0) is 27.2 Å². The van der Waals surface area contributed by atoms with Crippen molar-refractivity contribution >= 4 is 33.5 Å². The molecule has 4 nitrogen and oxygen atoms in total. The van der Waals surface area contributed by atoms with Crippen molar-refractivity contribution in [1.29, 1.82) is 0 Å². The zero-order valence-corrected chi connectivity index (χ0v) is 14.9. The van der Waals surface area contributed by atoms with Crippen LogP contribution in [0.5, 0.6) is 0 Å². The van der Waals surface area contributed by atoms with Crippen molar-refractivity contribution in [2.75, 3.05) is 0 Å². The Kier molecular flexibility index (Phi) is 4.50. The minimum absolute atomic E-state index is 0.194. The number of hydrogen-bond donors (Lipinski definition) is 1. The number of fused-ring (bicyclic) bond motifs is 5. The average Bonchev–Trinajstić information content (AvgIpc) is 2.93. The summed E-state index contributed by atoms with van der Waals surface area (Å²) in [7, 11) is 0. The lowest BCUT2D eigenvalue weighted by atomic mass is 9.86. The largest absolute Gasteiger partial charge is 0.387 e. The number of carbonyl (C=O) groups excluding carboxylic acids is 2. The van der Waals surface area contributed by atoms with E-state index in [1.54, 1.807) is 11.1 Å². The molecule has 0 radical (unpaired) electrons. The minimum Gasteiger partial charge on any atom is -0.387 e. The van der Waals surface area contributed by atoms with Crippen LogP contribution in [0.15, 0.2) is 60.7 Å². The fourth-order valence-corrected chi connectivity index (χ4v) is 3.81. The molecule has 0 amide bonds. The Morgan fingerprint density at radius 3 is 2.33 bits per heavy atom. The molecule has 0 bridgehead atoms. The number of esters is 2. The molecule has 5 rings (SSSR count). The van der Waals surface area contributed by atoms with Crippen molar-refractivity contribution in [2.45, 2.75) is 31.8 Å². The lowest BCUT2D eigenvalue weighted by Crippen LogP contribution is -2.13. The molecule has 3 aromatic rings. The highest BCUT2D eigenvalue weighted by Gasteiger charge is 2.35. The van der Waals surface area contributed by atoms with Crippen LogP contribution in [-0.4, -0.2) is 23.1 Å². The number of aliphatic hydroxyl groups excluding tert-OH is 1. The summed E-state index contributed by atoms with van der Waals surface area (Å²) >= 11 is 0. The zero-order valence-electron chi connectivity index (χ0n) is 14.9. The molecule has 0 saturated carbocycles. The normalized spacial score (nSPS) is 18.9. The highest BCUT2D eigenvalue weighted by molar-refractivity contribution is 6.09. The summed E-state index contributed by atoms with van der Waals surface area (Å²) in [4.78, 5) is 20.5. The first-order valence-corrected chi connectivity index (χ1v) is 9.11. The number of cyclic esters (lactones) is 2. The second-order valence-corrected chi connectivity index (χ2v) is 6.93. The molecule has 1 heterocycles. The van der Waals surface area contributed by atoms with E-state index in [0.717, 1.165) is 0 Å². The second kappa shape index (κ2) is 6.97. The summed E-state index contributed by atoms with van der Waals surface area (Å²) in [6.45, 7) is 3.12. The average molecular weight is 360 g/mol. The molecule has 1 saturated heterocycles. The smallest absolute Gasteiger partial charge is 0.347 e. The third-order valence-electron chi connectivity index (χ3n) is 5.27. The van der Waals surface area contributed by atoms with Crippen molar-refractivity contribution < 1.29 is 19.4 Å². The van der Waals surface area contributed by atoms with Gasteiger partial charge in [-0.2, -0.15) is 0 Å². The van der Waals surface area contributed by atoms with E-state index in [1.165, 1.54) is 47.2 Å². The molecule has 1 unspecified atom stereocenters. The Morgan fingerprint density at radius 2 is 1.63 bits per heavy atom. The van der Waals surface area contributed by atoms with Crippen molar-refractivity contribution in [3.05, 3.63) is 71.8 Å². The van der Waals surface area contributed by atoms with Crippen LogP contribution in [0.3, 0.4) is 0 Å². The van der Waals surface area contributed by atoms with Gasteiger partial charge in [-0.3, -0.25) is 0 Å². The van der Waals surface area contributed by atoms with Gasteiger partial charge in [-0.15, -0.1) is 0 Å². The fourth-order valence-electron chi connectivity index (χ4n) is 3.81. The van der Waals surface area contributed by atoms with Gasteiger partial charge in [0.2, 0.25) is 0 Å². The summed E-state index contributed by atoms with van der Waals surface area (Å²) < 4.78 is 3.96. The molecule has 1 aliphatic heterocycles. The standard InChI is InChI=1S/C18H16.C5H4O4/c1-3-7-15-13(5-1)9-11-18-16-8-4-2-6-14(16)10-12-17(15)18;1-2-3(6)5(8)9-4(2)7/h1,3,5,7,9-12H,2,4,6,8H2;3,6H,1H2. The third kappa shape index (κ3) is 3.13. The summed E-state index contributed by atoms with van der Waals surface area (Å²) in [6.07, 6.45) is 3.77. The Hall–Kier alpha value is -2.98. The molecule has 4 heteroatoms. The molecule has 2 aliphatic rings. The van der Waals surface area contributed by atoms with Gasteiger partial charge in [-0.05, 0) is 58.4 Å². The van der Waals surface area contributed by atoms with Crippen LogP contribution < -0.4 is 0 Å². The van der Waals surface area contributed by atoms with Gasteiger partial charge < -0.3 is 9.84 Å². The van der Waals surface area contributed by atoms with Gasteiger partial charge in [0.05, 0.1) is 5.57 Å². The summed E-state index contributed by atoms with van der Waals surface area (Å²) in [5, 5.41) is 14.3. The molecule has 0 aromatic heterocycles. The maximum Gasteiger partial charge on any atom is 0.347 e. The number of benzene rings is 3. The summed E-state index contributed by atoms with van der Waals surface area (Å²) in [5.41, 5.74) is 2.98. The monoisotopic (exact) mass is 360 g/mol. The second-order valence-electron chi connectivity index (χ2n) is 6.93. The summed E-state index contributed by atoms with van der Waals surface area (Å²) in [5.74, 6) is -1.78. The highest BCUT2D eigenvalue weighted by Crippen LogP contribution is 2.33. The highest BCUT2D eigenvalue weighted by atomic mass is 16.6. The lowest BCUT2D eigenvalue weighted by molar-refractivity contribution is -0.154. The first-order valence-electron chi connectivity index (χ1n) is 9.11. The lowest BCUT2D eigenvalue weighted by Gasteiger charge is -2.18. The molecule has 1 N–H and O–H groups in total. The van der Waals surface area contributed by atoms with Crippen LogP contribution in [0.4, 0.5) is 0 Å². The fraction of sp³-hybridized carbons (Fsp3) is 0.217. The van der Waals surface area contributed by atoms with E-state index < -0.39 is 18.0 Å². The molecule has 1 atom stereocenters. The van der Waals surface area contributed by atoms with Gasteiger partial charge in [-0.1, -0.05) is 55.1 Å². The van der Waals surface area contributed by atoms with Crippen LogP contribution >= 0.6 is 0 Å². The topological polar surface area (TPSA) is 63.6 Å². The van der Waals surface area contributed by atoms with Gasteiger partial charge >= 0.3 is 11.9 Å². The van der Waals surface area contributed by atoms with Crippen molar-refractivity contribution in [3.63, 3.8) is 0 Å². The van der Waals surface area contributed by atoms with Gasteiger partial charge in [0.25, 0.3) is 0 Å². The van der Waals surface area contributed by atoms with Crippen molar-refractivity contribution in [1.82, 2.24) is 0 Å². The Balaban J connectivity index is 0.000000170. The van der Waals surface area contributed by atoms with Gasteiger partial charge in [-0.25, -0.2) is 9.59 Å². The molecule has 1 fully saturated rings. The van der Waals surface area contributed by atoms with Crippen molar-refractivity contribution in [2.24, 2.45) is 0 Å². The first kappa shape index (κ1) is 17.4. The van der Waals surface area contributed by atoms with E-state index in [2.05, 4.69) is 59.8 Å².